The maximum Gasteiger partial charge on any atom is 0.225 e. The Kier molecular flexibility index (Phi) is 5.98. The molecule has 1 saturated carbocycles. The van der Waals surface area contributed by atoms with Gasteiger partial charge in [0, 0.05) is 30.6 Å². The molecule has 3 rings (SSSR count). The van der Waals surface area contributed by atoms with E-state index in [2.05, 4.69) is 10.2 Å². The van der Waals surface area contributed by atoms with Gasteiger partial charge < -0.3 is 14.8 Å². The van der Waals surface area contributed by atoms with Gasteiger partial charge in [-0.1, -0.05) is 24.4 Å². The monoisotopic (exact) mass is 352 g/mol. The molecule has 1 aliphatic heterocycles. The number of hydrogen-bond acceptors (Lipinski definition) is 4. The number of hydrogen-bond donors (Lipinski definition) is 1. The molecule has 0 aromatic heterocycles. The average Bonchev–Trinajstić information content (AvgIpc) is 2.60. The Hall–Kier alpha value is -1.30. The fourth-order valence-electron chi connectivity index (χ4n) is 3.69. The molecule has 5 nitrogen and oxygen atoms in total. The van der Waals surface area contributed by atoms with E-state index >= 15 is 0 Å². The fraction of sp³-hybridized carbons (Fsp3) is 0.611. The summed E-state index contributed by atoms with van der Waals surface area (Å²) in [7, 11) is 1.58. The molecule has 1 N–H and O–H groups in total. The van der Waals surface area contributed by atoms with Crippen LogP contribution in [0, 0.1) is 0 Å². The first kappa shape index (κ1) is 17.5. The molecule has 2 aliphatic rings. The average molecular weight is 353 g/mol. The minimum Gasteiger partial charge on any atom is -0.495 e. The lowest BCUT2D eigenvalue weighted by atomic mass is 9.90. The number of nitrogens with zero attached hydrogens (tertiary/aromatic N) is 1. The highest BCUT2D eigenvalue weighted by Gasteiger charge is 2.33. The number of anilines is 1. The summed E-state index contributed by atoms with van der Waals surface area (Å²) in [6.07, 6.45) is 5.64. The number of halogens is 1. The lowest BCUT2D eigenvalue weighted by Crippen LogP contribution is -2.53. The van der Waals surface area contributed by atoms with Crippen molar-refractivity contribution < 1.29 is 14.3 Å². The largest absolute Gasteiger partial charge is 0.495 e. The van der Waals surface area contributed by atoms with Crippen LogP contribution in [0.5, 0.6) is 5.75 Å². The van der Waals surface area contributed by atoms with Crippen molar-refractivity contribution in [2.75, 3.05) is 32.1 Å². The molecule has 1 heterocycles. The number of benzene rings is 1. The van der Waals surface area contributed by atoms with E-state index in [-0.39, 0.29) is 5.91 Å². The van der Waals surface area contributed by atoms with E-state index in [1.54, 1.807) is 25.3 Å². The summed E-state index contributed by atoms with van der Waals surface area (Å²) in [4.78, 5) is 14.7. The van der Waals surface area contributed by atoms with E-state index in [0.29, 0.717) is 35.0 Å². The number of nitrogens with one attached hydrogen (secondary N) is 1. The van der Waals surface area contributed by atoms with Gasteiger partial charge in [0.05, 0.1) is 25.5 Å². The van der Waals surface area contributed by atoms with Gasteiger partial charge >= 0.3 is 0 Å². The molecule has 2 fully saturated rings. The number of ether oxygens (including phenoxy) is 2. The van der Waals surface area contributed by atoms with Gasteiger partial charge in [0.15, 0.2) is 0 Å². The van der Waals surface area contributed by atoms with E-state index in [1.807, 2.05) is 0 Å². The van der Waals surface area contributed by atoms with Crippen LogP contribution in [0.1, 0.15) is 32.1 Å². The number of fused-ring (bicyclic) bond motifs is 1. The van der Waals surface area contributed by atoms with Gasteiger partial charge in [-0.3, -0.25) is 9.69 Å². The number of methoxy groups -OCH3 is 1. The van der Waals surface area contributed by atoms with Crippen LogP contribution in [-0.4, -0.2) is 49.8 Å². The standard InChI is InChI=1S/C18H25ClN2O3/c1-23-16-7-6-13(19)12-14(16)20-18(22)8-9-21-10-11-24-17-5-3-2-4-15(17)21/h6-7,12,15,17H,2-5,8-11H2,1H3,(H,20,22)/t15-,17+/m0/s1. The Morgan fingerprint density at radius 2 is 2.25 bits per heavy atom. The zero-order valence-corrected chi connectivity index (χ0v) is 14.8. The van der Waals surface area contributed by atoms with Crippen LogP contribution in [0.25, 0.3) is 0 Å². The highest BCUT2D eigenvalue weighted by molar-refractivity contribution is 6.31. The third kappa shape index (κ3) is 4.21. The van der Waals surface area contributed by atoms with E-state index < -0.39 is 0 Å². The van der Waals surface area contributed by atoms with Crippen molar-refractivity contribution in [1.82, 2.24) is 4.90 Å². The first-order chi connectivity index (χ1) is 11.7. The lowest BCUT2D eigenvalue weighted by Gasteiger charge is -2.43. The second kappa shape index (κ2) is 8.19. The molecule has 6 heteroatoms. The van der Waals surface area contributed by atoms with E-state index in [9.17, 15) is 4.79 Å². The second-order valence-corrected chi connectivity index (χ2v) is 6.88. The van der Waals surface area contributed by atoms with Gasteiger partial charge in [-0.15, -0.1) is 0 Å². The van der Waals surface area contributed by atoms with Crippen LogP contribution < -0.4 is 10.1 Å². The molecule has 132 valence electrons. The third-order valence-electron chi connectivity index (χ3n) is 4.91. The van der Waals surface area contributed by atoms with Crippen LogP contribution in [0.3, 0.4) is 0 Å². The molecule has 1 aromatic carbocycles. The Morgan fingerprint density at radius 3 is 3.08 bits per heavy atom. The lowest BCUT2D eigenvalue weighted by molar-refractivity contribution is -0.118. The smallest absolute Gasteiger partial charge is 0.225 e. The summed E-state index contributed by atoms with van der Waals surface area (Å²) in [6, 6.07) is 5.69. The zero-order chi connectivity index (χ0) is 16.9. The quantitative estimate of drug-likeness (QED) is 0.883. The Balaban J connectivity index is 1.54. The summed E-state index contributed by atoms with van der Waals surface area (Å²) in [5.74, 6) is 0.598. The van der Waals surface area contributed by atoms with Crippen molar-refractivity contribution in [3.8, 4) is 5.75 Å². The third-order valence-corrected chi connectivity index (χ3v) is 5.14. The molecule has 1 aliphatic carbocycles. The maximum atomic E-state index is 12.3. The van der Waals surface area contributed by atoms with Crippen molar-refractivity contribution in [1.29, 1.82) is 0 Å². The van der Waals surface area contributed by atoms with Crippen molar-refractivity contribution in [2.24, 2.45) is 0 Å². The van der Waals surface area contributed by atoms with Crippen LogP contribution >= 0.6 is 11.6 Å². The predicted molar refractivity (Wildman–Crippen MR) is 94.8 cm³/mol. The molecule has 1 aromatic rings. The number of carbonyl (C=O) groups excluding carboxylic acids is 1. The summed E-state index contributed by atoms with van der Waals surface area (Å²) in [5.41, 5.74) is 0.618. The minimum absolute atomic E-state index is 0.0191. The Labute approximate surface area is 148 Å². The minimum atomic E-state index is -0.0191. The highest BCUT2D eigenvalue weighted by atomic mass is 35.5. The van der Waals surface area contributed by atoms with Gasteiger partial charge in [-0.05, 0) is 31.0 Å². The van der Waals surface area contributed by atoms with Gasteiger partial charge in [-0.2, -0.15) is 0 Å². The van der Waals surface area contributed by atoms with Crippen LogP contribution in [-0.2, 0) is 9.53 Å². The number of amides is 1. The zero-order valence-electron chi connectivity index (χ0n) is 14.1. The van der Waals surface area contributed by atoms with Gasteiger partial charge in [0.25, 0.3) is 0 Å². The van der Waals surface area contributed by atoms with E-state index in [4.69, 9.17) is 21.1 Å². The molecule has 2 atom stereocenters. The van der Waals surface area contributed by atoms with E-state index in [0.717, 1.165) is 26.1 Å². The van der Waals surface area contributed by atoms with E-state index in [1.165, 1.54) is 19.3 Å². The predicted octanol–water partition coefficient (Wildman–Crippen LogP) is 3.32. The summed E-state index contributed by atoms with van der Waals surface area (Å²) in [5, 5.41) is 3.48. The highest BCUT2D eigenvalue weighted by Crippen LogP contribution is 2.29. The number of morpholine rings is 1. The number of rotatable bonds is 5. The summed E-state index contributed by atoms with van der Waals surface area (Å²) < 4.78 is 11.2. The maximum absolute atomic E-state index is 12.3. The molecule has 1 amide bonds. The first-order valence-corrected chi connectivity index (χ1v) is 9.04. The van der Waals surface area contributed by atoms with Gasteiger partial charge in [0.2, 0.25) is 5.91 Å². The normalized spacial score (nSPS) is 24.2. The fourth-order valence-corrected chi connectivity index (χ4v) is 3.86. The molecular formula is C18H25ClN2O3. The molecule has 1 saturated heterocycles. The summed E-state index contributed by atoms with van der Waals surface area (Å²) >= 11 is 6.00. The Bertz CT molecular complexity index is 579. The SMILES string of the molecule is COc1ccc(Cl)cc1NC(=O)CCN1CCO[C@@H]2CCCC[C@@H]21. The van der Waals surface area contributed by atoms with Crippen molar-refractivity contribution in [3.05, 3.63) is 23.2 Å². The molecule has 0 unspecified atom stereocenters. The Morgan fingerprint density at radius 1 is 1.42 bits per heavy atom. The topological polar surface area (TPSA) is 50.8 Å². The van der Waals surface area contributed by atoms with Crippen LogP contribution in [0.2, 0.25) is 5.02 Å². The summed E-state index contributed by atoms with van der Waals surface area (Å²) in [6.45, 7) is 2.44. The van der Waals surface area contributed by atoms with Crippen molar-refractivity contribution in [3.63, 3.8) is 0 Å². The molecule has 0 spiro atoms. The second-order valence-electron chi connectivity index (χ2n) is 6.44. The molecule has 24 heavy (non-hydrogen) atoms. The van der Waals surface area contributed by atoms with Crippen LogP contribution in [0.15, 0.2) is 18.2 Å². The van der Waals surface area contributed by atoms with Crippen molar-refractivity contribution >= 4 is 23.2 Å². The molecule has 0 radical (unpaired) electrons. The first-order valence-electron chi connectivity index (χ1n) is 8.66. The molecular weight excluding hydrogens is 328 g/mol. The molecule has 0 bridgehead atoms. The van der Waals surface area contributed by atoms with Gasteiger partial charge in [-0.25, -0.2) is 0 Å². The number of carbonyl (C=O) groups is 1. The van der Waals surface area contributed by atoms with Gasteiger partial charge in [0.1, 0.15) is 5.75 Å². The van der Waals surface area contributed by atoms with Crippen molar-refractivity contribution in [2.45, 2.75) is 44.2 Å². The van der Waals surface area contributed by atoms with Crippen LogP contribution in [0.4, 0.5) is 5.69 Å².